The van der Waals surface area contributed by atoms with Crippen LogP contribution in [0.15, 0.2) is 24.3 Å². The molecular weight excluding hydrogens is 240 g/mol. The van der Waals surface area contributed by atoms with Crippen LogP contribution in [0.25, 0.3) is 0 Å². The first-order valence-corrected chi connectivity index (χ1v) is 2.64. The standard InChI is InChI=1S/C6H4N2.3CO.Fe/c7-5-3-1-2-4-6-8;3*1-2;/h1-4H;;;;. The van der Waals surface area contributed by atoms with E-state index >= 15 is 0 Å². The quantitative estimate of drug-likeness (QED) is 0.365. The minimum absolute atomic E-state index is 0. The van der Waals surface area contributed by atoms with Gasteiger partial charge in [0.2, 0.25) is 0 Å². The van der Waals surface area contributed by atoms with Crippen LogP contribution in [0.3, 0.4) is 0 Å². The Balaban J connectivity index is -0.0000000410. The molecule has 76 valence electrons. The van der Waals surface area contributed by atoms with E-state index in [-0.39, 0.29) is 17.1 Å². The Hall–Kier alpha value is -2.01. The van der Waals surface area contributed by atoms with Crippen molar-refractivity contribution in [2.45, 2.75) is 0 Å². The summed E-state index contributed by atoms with van der Waals surface area (Å²) in [5.41, 5.74) is 0. The van der Waals surface area contributed by atoms with Gasteiger partial charge in [0, 0.05) is 29.2 Å². The minimum atomic E-state index is 0. The summed E-state index contributed by atoms with van der Waals surface area (Å²) in [6.07, 6.45) is 5.61. The van der Waals surface area contributed by atoms with Gasteiger partial charge in [0.1, 0.15) is 0 Å². The Kier molecular flexibility index (Phi) is 177. The Morgan fingerprint density at radius 3 is 1.07 bits per heavy atom. The average molecular weight is 244 g/mol. The maximum atomic E-state index is 7.91. The van der Waals surface area contributed by atoms with Gasteiger partial charge in [-0.25, -0.2) is 0 Å². The summed E-state index contributed by atoms with van der Waals surface area (Å²) in [6.45, 7) is 13.5. The second kappa shape index (κ2) is 91.0. The van der Waals surface area contributed by atoms with Crippen LogP contribution in [0, 0.1) is 22.7 Å². The molecule has 0 aromatic heterocycles. The number of allylic oxidation sites excluding steroid dienone is 4. The number of hydrogen-bond acceptors (Lipinski definition) is 5. The molecule has 0 saturated heterocycles. The maximum Gasteiger partial charge on any atom is 0.281 e. The molecular formula is C9H4FeN2O3. The van der Waals surface area contributed by atoms with Crippen molar-refractivity contribution in [2.24, 2.45) is 0 Å². The van der Waals surface area contributed by atoms with Gasteiger partial charge in [0.15, 0.2) is 0 Å². The first-order chi connectivity index (χ1) is 6.91. The summed E-state index contributed by atoms with van der Waals surface area (Å²) >= 11 is 0. The third-order valence-corrected chi connectivity index (χ3v) is 0.453. The van der Waals surface area contributed by atoms with Crippen molar-refractivity contribution >= 4 is 20.4 Å². The summed E-state index contributed by atoms with van der Waals surface area (Å²) in [5.74, 6) is 0. The molecule has 0 aliphatic carbocycles. The Morgan fingerprint density at radius 2 is 0.933 bits per heavy atom. The number of hydrogen-bond donors (Lipinski definition) is 0. The molecule has 6 radical (unpaired) electrons. The molecule has 0 amide bonds. The summed E-state index contributed by atoms with van der Waals surface area (Å²) < 4.78 is 0. The molecule has 6 heteroatoms. The molecule has 0 N–H and O–H groups in total. The van der Waals surface area contributed by atoms with Crippen LogP contribution in [-0.4, -0.2) is 20.4 Å². The second-order valence-corrected chi connectivity index (χ2v) is 0.976. The largest absolute Gasteiger partial charge is 0.281 e. The minimum Gasteiger partial charge on any atom is -0.281 e. The van der Waals surface area contributed by atoms with E-state index in [1.807, 2.05) is 0 Å². The van der Waals surface area contributed by atoms with Gasteiger partial charge in [0.05, 0.1) is 12.1 Å². The fraction of sp³-hybridized carbons (Fsp3) is 0. The van der Waals surface area contributed by atoms with Gasteiger partial charge in [-0.05, 0) is 0 Å². The molecule has 15 heavy (non-hydrogen) atoms. The number of nitrogens with zero attached hydrogens (tertiary/aromatic N) is 2. The molecule has 0 aliphatic heterocycles. The van der Waals surface area contributed by atoms with E-state index in [2.05, 4.69) is 20.4 Å². The van der Waals surface area contributed by atoms with Gasteiger partial charge in [0.25, 0.3) is 20.4 Å². The molecule has 0 fully saturated rings. The van der Waals surface area contributed by atoms with Crippen molar-refractivity contribution in [3.63, 3.8) is 0 Å². The predicted octanol–water partition coefficient (Wildman–Crippen LogP) is -0.0478. The van der Waals surface area contributed by atoms with E-state index in [9.17, 15) is 0 Å². The molecule has 0 atom stereocenters. The van der Waals surface area contributed by atoms with E-state index in [0.29, 0.717) is 0 Å². The van der Waals surface area contributed by atoms with Crippen LogP contribution in [0.1, 0.15) is 0 Å². The second-order valence-electron chi connectivity index (χ2n) is 0.976. The van der Waals surface area contributed by atoms with E-state index in [1.54, 1.807) is 12.1 Å². The smallest absolute Gasteiger partial charge is 0.281 e. The van der Waals surface area contributed by atoms with Gasteiger partial charge in [-0.2, -0.15) is 10.5 Å². The van der Waals surface area contributed by atoms with Crippen molar-refractivity contribution in [2.75, 3.05) is 0 Å². The molecule has 0 aliphatic rings. The third kappa shape index (κ3) is 134. The maximum absolute atomic E-state index is 7.91. The van der Waals surface area contributed by atoms with Crippen molar-refractivity contribution in [3.05, 3.63) is 24.3 Å². The van der Waals surface area contributed by atoms with E-state index < -0.39 is 0 Å². The summed E-state index contributed by atoms with van der Waals surface area (Å²) in [7, 11) is 0. The average Bonchev–Trinajstić information content (AvgIpc) is 2.33. The van der Waals surface area contributed by atoms with Crippen molar-refractivity contribution < 1.29 is 31.5 Å². The number of nitriles is 2. The van der Waals surface area contributed by atoms with E-state index in [4.69, 9.17) is 24.9 Å². The SMILES string of the molecule is N#CC=CC=CC#N.[C]=O.[C]=O.[C]=O.[Fe]. The van der Waals surface area contributed by atoms with E-state index in [1.165, 1.54) is 24.3 Å². The zero-order chi connectivity index (χ0) is 12.2. The summed E-state index contributed by atoms with van der Waals surface area (Å²) in [4.78, 5) is 22.5. The molecule has 0 aromatic rings. The van der Waals surface area contributed by atoms with Gasteiger partial charge in [-0.1, -0.05) is 12.2 Å². The zero-order valence-corrected chi connectivity index (χ0v) is 8.39. The van der Waals surface area contributed by atoms with Crippen molar-refractivity contribution in [3.8, 4) is 12.1 Å². The predicted molar refractivity (Wildman–Crippen MR) is 46.6 cm³/mol. The number of carbonyl (C=O) groups excluding carboxylic acids is 3. The Labute approximate surface area is 99.2 Å². The van der Waals surface area contributed by atoms with Crippen molar-refractivity contribution in [1.29, 1.82) is 10.5 Å². The topological polar surface area (TPSA) is 98.8 Å². The monoisotopic (exact) mass is 244 g/mol. The molecule has 0 unspecified atom stereocenters. The molecule has 0 rings (SSSR count). The van der Waals surface area contributed by atoms with Gasteiger partial charge in [-0.3, -0.25) is 14.4 Å². The Bertz CT molecular complexity index is 202. The fourth-order valence-corrected chi connectivity index (χ4v) is 0.197. The van der Waals surface area contributed by atoms with Crippen molar-refractivity contribution in [1.82, 2.24) is 0 Å². The van der Waals surface area contributed by atoms with Gasteiger partial charge < -0.3 is 0 Å². The molecule has 0 spiro atoms. The summed E-state index contributed by atoms with van der Waals surface area (Å²) in [6, 6.07) is 3.57. The van der Waals surface area contributed by atoms with Gasteiger partial charge in [-0.15, -0.1) is 0 Å². The van der Waals surface area contributed by atoms with Gasteiger partial charge >= 0.3 is 0 Å². The first-order valence-electron chi connectivity index (χ1n) is 2.64. The normalized spacial score (nSPS) is 5.73. The van der Waals surface area contributed by atoms with E-state index in [0.717, 1.165) is 0 Å². The van der Waals surface area contributed by atoms with Crippen LogP contribution >= 0.6 is 0 Å². The van der Waals surface area contributed by atoms with Crippen LogP contribution < -0.4 is 0 Å². The molecule has 0 heterocycles. The molecule has 0 saturated carbocycles. The molecule has 0 bridgehead atoms. The molecule has 0 aromatic carbocycles. The molecule has 5 nitrogen and oxygen atoms in total. The fourth-order valence-electron chi connectivity index (χ4n) is 0.197. The summed E-state index contributed by atoms with van der Waals surface area (Å²) in [5, 5.41) is 15.8. The third-order valence-electron chi connectivity index (χ3n) is 0.453. The first kappa shape index (κ1) is 29.3. The van der Waals surface area contributed by atoms with Crippen LogP contribution in [-0.2, 0) is 31.5 Å². The Morgan fingerprint density at radius 1 is 0.733 bits per heavy atom. The van der Waals surface area contributed by atoms with Crippen LogP contribution in [0.5, 0.6) is 0 Å². The zero-order valence-electron chi connectivity index (χ0n) is 7.28. The van der Waals surface area contributed by atoms with Crippen LogP contribution in [0.2, 0.25) is 0 Å². The number of rotatable bonds is 1. The van der Waals surface area contributed by atoms with Crippen LogP contribution in [0.4, 0.5) is 0 Å².